The molecule has 1 aromatic rings. The fourth-order valence-corrected chi connectivity index (χ4v) is 2.04. The van der Waals surface area contributed by atoms with Crippen molar-refractivity contribution in [2.24, 2.45) is 0 Å². The van der Waals surface area contributed by atoms with Crippen molar-refractivity contribution in [3.63, 3.8) is 0 Å². The van der Waals surface area contributed by atoms with Gasteiger partial charge in [0.15, 0.2) is 0 Å². The van der Waals surface area contributed by atoms with Gasteiger partial charge >= 0.3 is 0 Å². The van der Waals surface area contributed by atoms with Crippen molar-refractivity contribution in [3.05, 3.63) is 30.1 Å². The summed E-state index contributed by atoms with van der Waals surface area (Å²) in [4.78, 5) is 13.7. The van der Waals surface area contributed by atoms with Gasteiger partial charge in [-0.3, -0.25) is 4.79 Å². The van der Waals surface area contributed by atoms with Gasteiger partial charge in [-0.25, -0.2) is 4.39 Å². The van der Waals surface area contributed by atoms with E-state index in [2.05, 4.69) is 5.32 Å². The van der Waals surface area contributed by atoms with E-state index in [1.807, 2.05) is 4.90 Å². The molecule has 1 amide bonds. The largest absolute Gasteiger partial charge is 0.493 e. The molecule has 104 valence electrons. The first-order valence-corrected chi connectivity index (χ1v) is 6.62. The Hall–Kier alpha value is -1.62. The van der Waals surface area contributed by atoms with Crippen LogP contribution >= 0.6 is 0 Å². The smallest absolute Gasteiger partial charge is 0.222 e. The van der Waals surface area contributed by atoms with Crippen LogP contribution in [0.2, 0.25) is 0 Å². The number of hydrogen-bond donors (Lipinski definition) is 1. The maximum atomic E-state index is 12.9. The van der Waals surface area contributed by atoms with Gasteiger partial charge in [-0.1, -0.05) is 6.07 Å². The summed E-state index contributed by atoms with van der Waals surface area (Å²) in [5.74, 6) is 0.369. The molecule has 19 heavy (non-hydrogen) atoms. The summed E-state index contributed by atoms with van der Waals surface area (Å²) in [6, 6.07) is 6.04. The van der Waals surface area contributed by atoms with Crippen molar-refractivity contribution in [2.45, 2.75) is 12.8 Å². The van der Waals surface area contributed by atoms with E-state index in [1.54, 1.807) is 12.1 Å². The number of carbonyl (C=O) groups is 1. The zero-order valence-corrected chi connectivity index (χ0v) is 10.9. The minimum atomic E-state index is -0.311. The van der Waals surface area contributed by atoms with E-state index in [1.165, 1.54) is 12.1 Å². The number of ether oxygens (including phenoxy) is 1. The molecular weight excluding hydrogens is 247 g/mol. The number of nitrogens with zero attached hydrogens (tertiary/aromatic N) is 1. The molecule has 0 unspecified atom stereocenters. The highest BCUT2D eigenvalue weighted by molar-refractivity contribution is 5.76. The van der Waals surface area contributed by atoms with Gasteiger partial charge in [-0.05, 0) is 18.6 Å². The van der Waals surface area contributed by atoms with E-state index < -0.39 is 0 Å². The zero-order valence-electron chi connectivity index (χ0n) is 10.9. The molecular formula is C14H19FN2O2. The van der Waals surface area contributed by atoms with Crippen LogP contribution in [0.15, 0.2) is 24.3 Å². The number of nitrogens with one attached hydrogen (secondary N) is 1. The molecule has 1 saturated heterocycles. The third kappa shape index (κ3) is 4.52. The molecule has 5 heteroatoms. The first-order chi connectivity index (χ1) is 9.25. The minimum absolute atomic E-state index is 0.171. The second-order valence-electron chi connectivity index (χ2n) is 4.54. The highest BCUT2D eigenvalue weighted by atomic mass is 19.1. The van der Waals surface area contributed by atoms with Crippen LogP contribution in [0, 0.1) is 5.82 Å². The van der Waals surface area contributed by atoms with Gasteiger partial charge < -0.3 is 15.0 Å². The number of carbonyl (C=O) groups excluding carboxylic acids is 1. The van der Waals surface area contributed by atoms with Crippen molar-refractivity contribution in [1.82, 2.24) is 10.2 Å². The average molecular weight is 266 g/mol. The Morgan fingerprint density at radius 2 is 2.16 bits per heavy atom. The Morgan fingerprint density at radius 1 is 1.37 bits per heavy atom. The number of rotatable bonds is 5. The molecule has 0 atom stereocenters. The predicted molar refractivity (Wildman–Crippen MR) is 70.6 cm³/mol. The Morgan fingerprint density at radius 3 is 2.89 bits per heavy atom. The summed E-state index contributed by atoms with van der Waals surface area (Å²) in [6.45, 7) is 3.73. The summed E-state index contributed by atoms with van der Waals surface area (Å²) in [6.07, 6.45) is 1.13. The standard InChI is InChI=1S/C14H19FN2O2/c15-12-3-1-4-13(11-12)19-10-2-5-14(18)17-8-6-16-7-9-17/h1,3-4,11,16H,2,5-10H2. The number of halogens is 1. The molecule has 2 rings (SSSR count). The van der Waals surface area contributed by atoms with Gasteiger partial charge in [-0.2, -0.15) is 0 Å². The van der Waals surface area contributed by atoms with Gasteiger partial charge in [0.2, 0.25) is 5.91 Å². The van der Waals surface area contributed by atoms with Crippen LogP contribution in [-0.4, -0.2) is 43.6 Å². The Balaban J connectivity index is 1.65. The van der Waals surface area contributed by atoms with Gasteiger partial charge in [-0.15, -0.1) is 0 Å². The Labute approximate surface area is 112 Å². The van der Waals surface area contributed by atoms with E-state index >= 15 is 0 Å². The minimum Gasteiger partial charge on any atom is -0.493 e. The van der Waals surface area contributed by atoms with Crippen LogP contribution in [-0.2, 0) is 4.79 Å². The second-order valence-corrected chi connectivity index (χ2v) is 4.54. The summed E-state index contributed by atoms with van der Waals surface area (Å²) in [5.41, 5.74) is 0. The highest BCUT2D eigenvalue weighted by Crippen LogP contribution is 2.12. The first-order valence-electron chi connectivity index (χ1n) is 6.62. The molecule has 0 saturated carbocycles. The molecule has 0 bridgehead atoms. The second kappa shape index (κ2) is 7.09. The number of amides is 1. The number of benzene rings is 1. The maximum absolute atomic E-state index is 12.9. The van der Waals surface area contributed by atoms with E-state index in [4.69, 9.17) is 4.74 Å². The monoisotopic (exact) mass is 266 g/mol. The van der Waals surface area contributed by atoms with Crippen LogP contribution in [0.3, 0.4) is 0 Å². The fourth-order valence-electron chi connectivity index (χ4n) is 2.04. The lowest BCUT2D eigenvalue weighted by Crippen LogP contribution is -2.46. The molecule has 0 spiro atoms. The van der Waals surface area contributed by atoms with Gasteiger partial charge in [0.05, 0.1) is 6.61 Å². The normalized spacial score (nSPS) is 15.3. The van der Waals surface area contributed by atoms with Gasteiger partial charge in [0.25, 0.3) is 0 Å². The molecule has 1 fully saturated rings. The third-order valence-corrected chi connectivity index (χ3v) is 3.07. The lowest BCUT2D eigenvalue weighted by atomic mass is 10.2. The van der Waals surface area contributed by atoms with Gasteiger partial charge in [0.1, 0.15) is 11.6 Å². The highest BCUT2D eigenvalue weighted by Gasteiger charge is 2.15. The zero-order chi connectivity index (χ0) is 13.5. The summed E-state index contributed by atoms with van der Waals surface area (Å²) in [7, 11) is 0. The first kappa shape index (κ1) is 13.8. The van der Waals surface area contributed by atoms with E-state index in [-0.39, 0.29) is 11.7 Å². The summed E-state index contributed by atoms with van der Waals surface area (Å²) < 4.78 is 18.3. The van der Waals surface area contributed by atoms with Crippen molar-refractivity contribution >= 4 is 5.91 Å². The van der Waals surface area contributed by atoms with Crippen LogP contribution in [0.1, 0.15) is 12.8 Å². The maximum Gasteiger partial charge on any atom is 0.222 e. The quantitative estimate of drug-likeness (QED) is 0.819. The van der Waals surface area contributed by atoms with Crippen LogP contribution < -0.4 is 10.1 Å². The van der Waals surface area contributed by atoms with Crippen molar-refractivity contribution in [2.75, 3.05) is 32.8 Å². The fraction of sp³-hybridized carbons (Fsp3) is 0.500. The molecule has 1 aliphatic heterocycles. The van der Waals surface area contributed by atoms with E-state index in [9.17, 15) is 9.18 Å². The Bertz CT molecular complexity index is 420. The molecule has 0 aromatic heterocycles. The molecule has 0 radical (unpaired) electrons. The third-order valence-electron chi connectivity index (χ3n) is 3.07. The summed E-state index contributed by atoms with van der Waals surface area (Å²) >= 11 is 0. The molecule has 4 nitrogen and oxygen atoms in total. The van der Waals surface area contributed by atoms with Crippen molar-refractivity contribution < 1.29 is 13.9 Å². The van der Waals surface area contributed by atoms with Crippen LogP contribution in [0.4, 0.5) is 4.39 Å². The van der Waals surface area contributed by atoms with Crippen LogP contribution in [0.5, 0.6) is 5.75 Å². The lowest BCUT2D eigenvalue weighted by molar-refractivity contribution is -0.132. The SMILES string of the molecule is O=C(CCCOc1cccc(F)c1)N1CCNCC1. The molecule has 0 aliphatic carbocycles. The van der Waals surface area contributed by atoms with Crippen molar-refractivity contribution in [1.29, 1.82) is 0 Å². The van der Waals surface area contributed by atoms with Gasteiger partial charge in [0, 0.05) is 38.7 Å². The molecule has 1 aromatic carbocycles. The van der Waals surface area contributed by atoms with E-state index in [0.717, 1.165) is 26.2 Å². The number of piperazine rings is 1. The van der Waals surface area contributed by atoms with E-state index in [0.29, 0.717) is 25.2 Å². The number of hydrogen-bond acceptors (Lipinski definition) is 3. The average Bonchev–Trinajstić information content (AvgIpc) is 2.44. The molecule has 1 aliphatic rings. The lowest BCUT2D eigenvalue weighted by Gasteiger charge is -2.27. The Kier molecular flexibility index (Phi) is 5.15. The summed E-state index contributed by atoms with van der Waals surface area (Å²) in [5, 5.41) is 3.21. The topological polar surface area (TPSA) is 41.6 Å². The van der Waals surface area contributed by atoms with Crippen molar-refractivity contribution in [3.8, 4) is 5.75 Å². The molecule has 1 heterocycles. The molecule has 1 N–H and O–H groups in total. The van der Waals surface area contributed by atoms with Crippen LogP contribution in [0.25, 0.3) is 0 Å². The predicted octanol–water partition coefficient (Wildman–Crippen LogP) is 1.42.